The molecule has 4 aromatic rings. The summed E-state index contributed by atoms with van der Waals surface area (Å²) in [5, 5.41) is 2.42. The van der Waals surface area contributed by atoms with E-state index in [4.69, 9.17) is 0 Å². The third-order valence-electron chi connectivity index (χ3n) is 3.52. The number of hydrogen-bond acceptors (Lipinski definition) is 2. The summed E-state index contributed by atoms with van der Waals surface area (Å²) in [6, 6.07) is 16.7. The van der Waals surface area contributed by atoms with Gasteiger partial charge in [-0.1, -0.05) is 42.5 Å². The Morgan fingerprint density at radius 1 is 1.00 bits per heavy atom. The van der Waals surface area contributed by atoms with Crippen LogP contribution in [0.3, 0.4) is 0 Å². The van der Waals surface area contributed by atoms with Crippen LogP contribution in [0.1, 0.15) is 5.56 Å². The van der Waals surface area contributed by atoms with Crippen molar-refractivity contribution >= 4 is 21.9 Å². The maximum Gasteiger partial charge on any atom is 0.178 e. The molecule has 0 saturated heterocycles. The third kappa shape index (κ3) is 1.67. The van der Waals surface area contributed by atoms with E-state index < -0.39 is 0 Å². The molecule has 0 aliphatic rings. The third-order valence-corrected chi connectivity index (χ3v) is 3.52. The quantitative estimate of drug-likeness (QED) is 0.559. The molecule has 0 atom stereocenters. The molecular formula is C17H13N3. The highest BCUT2D eigenvalue weighted by Crippen LogP contribution is 2.27. The molecule has 0 aliphatic heterocycles. The molecule has 2 aromatic heterocycles. The maximum atomic E-state index is 4.61. The van der Waals surface area contributed by atoms with Crippen molar-refractivity contribution in [2.45, 2.75) is 6.92 Å². The van der Waals surface area contributed by atoms with Gasteiger partial charge in [-0.15, -0.1) is 0 Å². The van der Waals surface area contributed by atoms with Crippen LogP contribution in [0.4, 0.5) is 0 Å². The van der Waals surface area contributed by atoms with Gasteiger partial charge in [0.2, 0.25) is 0 Å². The summed E-state index contributed by atoms with van der Waals surface area (Å²) in [5.41, 5.74) is 3.98. The van der Waals surface area contributed by atoms with Gasteiger partial charge in [0.1, 0.15) is 5.82 Å². The van der Waals surface area contributed by atoms with Crippen molar-refractivity contribution in [2.24, 2.45) is 0 Å². The molecule has 2 aromatic carbocycles. The minimum atomic E-state index is 0.763. The van der Waals surface area contributed by atoms with Gasteiger partial charge in [0.05, 0.1) is 5.52 Å². The van der Waals surface area contributed by atoms with Crippen LogP contribution in [0.5, 0.6) is 0 Å². The predicted molar refractivity (Wildman–Crippen MR) is 81.6 cm³/mol. The highest BCUT2D eigenvalue weighted by molar-refractivity contribution is 5.96. The number of hydrogen-bond donors (Lipinski definition) is 1. The number of benzene rings is 2. The van der Waals surface area contributed by atoms with Gasteiger partial charge >= 0.3 is 0 Å². The first-order valence-corrected chi connectivity index (χ1v) is 6.62. The fraction of sp³-hybridized carbons (Fsp3) is 0.0588. The summed E-state index contributed by atoms with van der Waals surface area (Å²) in [4.78, 5) is 12.3. The number of nitrogens with one attached hydrogen (secondary N) is 1. The summed E-state index contributed by atoms with van der Waals surface area (Å²) < 4.78 is 0. The summed E-state index contributed by atoms with van der Waals surface area (Å²) in [5.74, 6) is 0.870. The second-order valence-electron chi connectivity index (χ2n) is 5.00. The van der Waals surface area contributed by atoms with Crippen LogP contribution < -0.4 is 0 Å². The number of aromatic nitrogens is 3. The topological polar surface area (TPSA) is 41.6 Å². The van der Waals surface area contributed by atoms with Gasteiger partial charge in [-0.25, -0.2) is 9.97 Å². The number of imidazole rings is 1. The normalized spacial score (nSPS) is 11.2. The lowest BCUT2D eigenvalue weighted by molar-refractivity contribution is 1.28. The summed E-state index contributed by atoms with van der Waals surface area (Å²) in [6.07, 6.45) is 1.84. The maximum absolute atomic E-state index is 4.61. The van der Waals surface area contributed by atoms with Crippen LogP contribution in [0, 0.1) is 6.92 Å². The molecule has 3 nitrogen and oxygen atoms in total. The van der Waals surface area contributed by atoms with Crippen molar-refractivity contribution in [1.82, 2.24) is 15.0 Å². The van der Waals surface area contributed by atoms with Crippen LogP contribution in [0.15, 0.2) is 54.7 Å². The highest BCUT2D eigenvalue weighted by Gasteiger charge is 2.09. The van der Waals surface area contributed by atoms with Gasteiger partial charge in [0, 0.05) is 11.8 Å². The van der Waals surface area contributed by atoms with Gasteiger partial charge < -0.3 is 4.98 Å². The molecule has 0 aliphatic carbocycles. The first kappa shape index (κ1) is 11.2. The molecule has 96 valence electrons. The fourth-order valence-electron chi connectivity index (χ4n) is 2.56. The van der Waals surface area contributed by atoms with Crippen LogP contribution in [-0.4, -0.2) is 15.0 Å². The molecule has 0 spiro atoms. The minimum Gasteiger partial charge on any atom is -0.337 e. The van der Waals surface area contributed by atoms with E-state index in [1.807, 2.05) is 13.1 Å². The first-order valence-electron chi connectivity index (χ1n) is 6.62. The number of nitrogens with zero attached hydrogens (tertiary/aromatic N) is 2. The molecule has 0 amide bonds. The second-order valence-corrected chi connectivity index (χ2v) is 5.00. The summed E-state index contributed by atoms with van der Waals surface area (Å²) in [6.45, 7) is 2.03. The van der Waals surface area contributed by atoms with E-state index in [2.05, 4.69) is 63.5 Å². The summed E-state index contributed by atoms with van der Waals surface area (Å²) in [7, 11) is 0. The number of aryl methyl sites for hydroxylation is 1. The van der Waals surface area contributed by atoms with Crippen molar-refractivity contribution in [3.63, 3.8) is 0 Å². The van der Waals surface area contributed by atoms with Crippen molar-refractivity contribution in [1.29, 1.82) is 0 Å². The van der Waals surface area contributed by atoms with Gasteiger partial charge in [0.15, 0.2) is 5.65 Å². The Morgan fingerprint density at radius 3 is 2.80 bits per heavy atom. The van der Waals surface area contributed by atoms with Crippen molar-refractivity contribution in [2.75, 3.05) is 0 Å². The molecule has 1 N–H and O–H groups in total. The average Bonchev–Trinajstić information content (AvgIpc) is 2.89. The van der Waals surface area contributed by atoms with Gasteiger partial charge in [-0.3, -0.25) is 0 Å². The standard InChI is InChI=1S/C17H13N3/c1-11-9-15-17(18-10-11)20-16(19-15)14-8-4-6-12-5-2-3-7-13(12)14/h2-10H,1H3,(H,18,19,20). The molecule has 0 fully saturated rings. The Hall–Kier alpha value is -2.68. The zero-order chi connectivity index (χ0) is 13.5. The van der Waals surface area contributed by atoms with Crippen LogP contribution in [-0.2, 0) is 0 Å². The largest absolute Gasteiger partial charge is 0.337 e. The van der Waals surface area contributed by atoms with Crippen molar-refractivity contribution in [3.05, 3.63) is 60.3 Å². The second kappa shape index (κ2) is 4.17. The fourth-order valence-corrected chi connectivity index (χ4v) is 2.56. The monoisotopic (exact) mass is 259 g/mol. The van der Waals surface area contributed by atoms with E-state index in [1.54, 1.807) is 0 Å². The van der Waals surface area contributed by atoms with E-state index >= 15 is 0 Å². The number of rotatable bonds is 1. The molecule has 0 radical (unpaired) electrons. The van der Waals surface area contributed by atoms with Crippen LogP contribution >= 0.6 is 0 Å². The number of pyridine rings is 1. The van der Waals surface area contributed by atoms with E-state index in [0.717, 1.165) is 28.1 Å². The smallest absolute Gasteiger partial charge is 0.178 e. The van der Waals surface area contributed by atoms with E-state index in [0.29, 0.717) is 0 Å². The number of H-pyrrole nitrogens is 1. The number of aromatic amines is 1. The van der Waals surface area contributed by atoms with Gasteiger partial charge in [0.25, 0.3) is 0 Å². The molecule has 20 heavy (non-hydrogen) atoms. The first-order chi connectivity index (χ1) is 9.81. The Morgan fingerprint density at radius 2 is 1.85 bits per heavy atom. The lowest BCUT2D eigenvalue weighted by atomic mass is 10.0. The van der Waals surface area contributed by atoms with Crippen molar-refractivity contribution in [3.8, 4) is 11.4 Å². The van der Waals surface area contributed by atoms with Crippen LogP contribution in [0.2, 0.25) is 0 Å². The molecule has 2 heterocycles. The zero-order valence-electron chi connectivity index (χ0n) is 11.1. The molecule has 4 rings (SSSR count). The SMILES string of the molecule is Cc1cnc2nc(-c3cccc4ccccc34)[nH]c2c1. The Balaban J connectivity index is 2.01. The molecule has 0 bridgehead atoms. The number of fused-ring (bicyclic) bond motifs is 2. The lowest BCUT2D eigenvalue weighted by Crippen LogP contribution is -1.83. The molecule has 0 saturated carbocycles. The molecular weight excluding hydrogens is 246 g/mol. The van der Waals surface area contributed by atoms with Crippen LogP contribution in [0.25, 0.3) is 33.3 Å². The average molecular weight is 259 g/mol. The van der Waals surface area contributed by atoms with Crippen molar-refractivity contribution < 1.29 is 0 Å². The lowest BCUT2D eigenvalue weighted by Gasteiger charge is -2.02. The van der Waals surface area contributed by atoms with E-state index in [1.165, 1.54) is 10.8 Å². The van der Waals surface area contributed by atoms with Gasteiger partial charge in [-0.2, -0.15) is 0 Å². The Bertz CT molecular complexity index is 916. The Labute approximate surface area is 116 Å². The minimum absolute atomic E-state index is 0.763. The summed E-state index contributed by atoms with van der Waals surface area (Å²) >= 11 is 0. The van der Waals surface area contributed by atoms with E-state index in [-0.39, 0.29) is 0 Å². The Kier molecular flexibility index (Phi) is 2.33. The molecule has 0 unspecified atom stereocenters. The van der Waals surface area contributed by atoms with E-state index in [9.17, 15) is 0 Å². The predicted octanol–water partition coefficient (Wildman–Crippen LogP) is 4.09. The molecule has 3 heteroatoms. The zero-order valence-corrected chi connectivity index (χ0v) is 11.1. The highest BCUT2D eigenvalue weighted by atomic mass is 15.0. The van der Waals surface area contributed by atoms with Gasteiger partial charge in [-0.05, 0) is 29.3 Å².